The van der Waals surface area contributed by atoms with E-state index in [4.69, 9.17) is 4.74 Å². The molecule has 2 N–H and O–H groups in total. The van der Waals surface area contributed by atoms with E-state index < -0.39 is 6.04 Å². The number of methoxy groups -OCH3 is 1. The summed E-state index contributed by atoms with van der Waals surface area (Å²) in [7, 11) is 3.81. The molecule has 2 atom stereocenters. The molecule has 1 saturated carbocycles. The number of hydrogen-bond donors (Lipinski definition) is 2. The fourth-order valence-electron chi connectivity index (χ4n) is 5.33. The number of halogens is 1. The maximum atomic E-state index is 13.4. The van der Waals surface area contributed by atoms with Gasteiger partial charge in [-0.15, -0.1) is 0 Å². The number of amides is 3. The van der Waals surface area contributed by atoms with Gasteiger partial charge in [-0.3, -0.25) is 4.79 Å². The minimum absolute atomic E-state index is 0.177. The summed E-state index contributed by atoms with van der Waals surface area (Å²) < 4.78 is 6.44. The first-order valence-electron chi connectivity index (χ1n) is 11.9. The van der Waals surface area contributed by atoms with Crippen molar-refractivity contribution in [2.75, 3.05) is 44.4 Å². The fourth-order valence-corrected chi connectivity index (χ4v) is 5.60. The normalized spacial score (nSPS) is 23.3. The molecular weight excluding hydrogens is 496 g/mol. The van der Waals surface area contributed by atoms with Crippen LogP contribution < -0.4 is 10.6 Å². The molecule has 2 heterocycles. The Bertz CT molecular complexity index is 1090. The second kappa shape index (κ2) is 9.32. The van der Waals surface area contributed by atoms with Gasteiger partial charge in [0.25, 0.3) is 0 Å². The van der Waals surface area contributed by atoms with Crippen molar-refractivity contribution in [2.24, 2.45) is 0 Å². The van der Waals surface area contributed by atoms with Gasteiger partial charge in [-0.25, -0.2) is 4.79 Å². The van der Waals surface area contributed by atoms with Crippen molar-refractivity contribution >= 4 is 39.2 Å². The van der Waals surface area contributed by atoms with Gasteiger partial charge in [-0.1, -0.05) is 22.0 Å². The van der Waals surface area contributed by atoms with Crippen LogP contribution >= 0.6 is 15.9 Å². The SMILES string of the molecule is CO[C@@H]1C[C@H](C(=O)Nc2ccc3c(c2)C2(CC2)CN(C)CC3)N(C(=O)Nc2ccc(Br)cc2)C1. The summed E-state index contributed by atoms with van der Waals surface area (Å²) in [5.41, 5.74) is 4.47. The Morgan fingerprint density at radius 2 is 1.82 bits per heavy atom. The Morgan fingerprint density at radius 3 is 2.53 bits per heavy atom. The maximum absolute atomic E-state index is 13.4. The quantitative estimate of drug-likeness (QED) is 0.625. The molecule has 0 radical (unpaired) electrons. The van der Waals surface area contributed by atoms with Crippen LogP contribution in [-0.4, -0.2) is 67.7 Å². The lowest BCUT2D eigenvalue weighted by atomic mass is 9.90. The average molecular weight is 527 g/mol. The highest BCUT2D eigenvalue weighted by Crippen LogP contribution is 2.51. The summed E-state index contributed by atoms with van der Waals surface area (Å²) in [6, 6.07) is 12.8. The van der Waals surface area contributed by atoms with Gasteiger partial charge in [0.2, 0.25) is 5.91 Å². The molecule has 0 bridgehead atoms. The van der Waals surface area contributed by atoms with Gasteiger partial charge in [0, 0.05) is 54.4 Å². The lowest BCUT2D eigenvalue weighted by Gasteiger charge is -2.25. The molecule has 3 amide bonds. The molecule has 1 spiro atoms. The number of anilines is 2. The highest BCUT2D eigenvalue weighted by atomic mass is 79.9. The number of nitrogens with one attached hydrogen (secondary N) is 2. The Hall–Kier alpha value is -2.42. The van der Waals surface area contributed by atoms with Crippen LogP contribution in [0.5, 0.6) is 0 Å². The Kier molecular flexibility index (Phi) is 6.39. The van der Waals surface area contributed by atoms with Gasteiger partial charge in [0.1, 0.15) is 6.04 Å². The smallest absolute Gasteiger partial charge is 0.322 e. The topological polar surface area (TPSA) is 73.9 Å². The molecule has 2 fully saturated rings. The molecule has 5 rings (SSSR count). The Morgan fingerprint density at radius 1 is 1.09 bits per heavy atom. The van der Waals surface area contributed by atoms with E-state index in [0.717, 1.165) is 29.7 Å². The van der Waals surface area contributed by atoms with Crippen molar-refractivity contribution in [3.05, 3.63) is 58.1 Å². The van der Waals surface area contributed by atoms with Crippen LogP contribution in [0.15, 0.2) is 46.9 Å². The van der Waals surface area contributed by atoms with Crippen LogP contribution in [0.4, 0.5) is 16.2 Å². The number of urea groups is 1. The number of hydrogen-bond acceptors (Lipinski definition) is 4. The van der Waals surface area contributed by atoms with E-state index in [-0.39, 0.29) is 23.5 Å². The zero-order valence-electron chi connectivity index (χ0n) is 19.6. The molecule has 7 nitrogen and oxygen atoms in total. The number of fused-ring (bicyclic) bond motifs is 2. The van der Waals surface area contributed by atoms with Crippen molar-refractivity contribution < 1.29 is 14.3 Å². The third kappa shape index (κ3) is 4.72. The van der Waals surface area contributed by atoms with E-state index in [1.807, 2.05) is 30.3 Å². The van der Waals surface area contributed by atoms with Crippen LogP contribution in [0.2, 0.25) is 0 Å². The summed E-state index contributed by atoms with van der Waals surface area (Å²) in [5, 5.41) is 6.00. The second-order valence-corrected chi connectivity index (χ2v) is 10.7. The first-order chi connectivity index (χ1) is 16.4. The molecule has 3 aliphatic rings. The number of benzene rings is 2. The van der Waals surface area contributed by atoms with E-state index in [9.17, 15) is 9.59 Å². The Labute approximate surface area is 209 Å². The molecule has 1 aliphatic carbocycles. The first kappa shape index (κ1) is 23.3. The predicted molar refractivity (Wildman–Crippen MR) is 136 cm³/mol. The van der Waals surface area contributed by atoms with E-state index >= 15 is 0 Å². The minimum atomic E-state index is -0.597. The first-order valence-corrected chi connectivity index (χ1v) is 12.6. The van der Waals surface area contributed by atoms with Gasteiger partial charge in [0.15, 0.2) is 0 Å². The molecule has 2 aromatic rings. The molecular formula is C26H31BrN4O3. The molecule has 0 aromatic heterocycles. The number of carbonyl (C=O) groups excluding carboxylic acids is 2. The van der Waals surface area contributed by atoms with Crippen LogP contribution in [0.25, 0.3) is 0 Å². The molecule has 2 aromatic carbocycles. The van der Waals surface area contributed by atoms with Crippen LogP contribution in [-0.2, 0) is 21.4 Å². The summed E-state index contributed by atoms with van der Waals surface area (Å²) >= 11 is 3.40. The average Bonchev–Trinajstić information content (AvgIpc) is 3.49. The summed E-state index contributed by atoms with van der Waals surface area (Å²) in [6.45, 7) is 2.50. The highest BCUT2D eigenvalue weighted by molar-refractivity contribution is 9.10. The maximum Gasteiger partial charge on any atom is 0.322 e. The van der Waals surface area contributed by atoms with E-state index in [0.29, 0.717) is 18.7 Å². The lowest BCUT2D eigenvalue weighted by molar-refractivity contribution is -0.119. The van der Waals surface area contributed by atoms with Crippen molar-refractivity contribution in [1.29, 1.82) is 0 Å². The van der Waals surface area contributed by atoms with Crippen molar-refractivity contribution in [3.63, 3.8) is 0 Å². The van der Waals surface area contributed by atoms with Gasteiger partial charge in [0.05, 0.1) is 6.10 Å². The lowest BCUT2D eigenvalue weighted by Crippen LogP contribution is -2.45. The third-order valence-electron chi connectivity index (χ3n) is 7.39. The van der Waals surface area contributed by atoms with Gasteiger partial charge < -0.3 is 25.2 Å². The zero-order valence-corrected chi connectivity index (χ0v) is 21.2. The van der Waals surface area contributed by atoms with Gasteiger partial charge >= 0.3 is 6.03 Å². The fraction of sp³-hybridized carbons (Fsp3) is 0.462. The molecule has 0 unspecified atom stereocenters. The predicted octanol–water partition coefficient (Wildman–Crippen LogP) is 4.23. The number of likely N-dealkylation sites (tertiary alicyclic amines) is 1. The molecule has 2 aliphatic heterocycles. The highest BCUT2D eigenvalue weighted by Gasteiger charge is 2.47. The molecule has 1 saturated heterocycles. The van der Waals surface area contributed by atoms with Crippen molar-refractivity contribution in [3.8, 4) is 0 Å². The number of rotatable bonds is 4. The number of nitrogens with zero attached hydrogens (tertiary/aromatic N) is 2. The zero-order chi connectivity index (χ0) is 23.9. The van der Waals surface area contributed by atoms with E-state index in [1.165, 1.54) is 24.0 Å². The van der Waals surface area contributed by atoms with E-state index in [2.05, 4.69) is 50.6 Å². The minimum Gasteiger partial charge on any atom is -0.380 e. The number of ether oxygens (including phenoxy) is 1. The third-order valence-corrected chi connectivity index (χ3v) is 7.92. The van der Waals surface area contributed by atoms with Gasteiger partial charge in [-0.05, 0) is 73.8 Å². The van der Waals surface area contributed by atoms with E-state index in [1.54, 1.807) is 12.0 Å². The second-order valence-electron chi connectivity index (χ2n) is 9.83. The monoisotopic (exact) mass is 526 g/mol. The van der Waals surface area contributed by atoms with Crippen LogP contribution in [0, 0.1) is 0 Å². The number of likely N-dealkylation sites (N-methyl/N-ethyl adjacent to an activating group) is 1. The number of carbonyl (C=O) groups is 2. The summed E-state index contributed by atoms with van der Waals surface area (Å²) in [5.74, 6) is -0.180. The molecule has 34 heavy (non-hydrogen) atoms. The summed E-state index contributed by atoms with van der Waals surface area (Å²) in [4.78, 5) is 30.4. The van der Waals surface area contributed by atoms with Gasteiger partial charge in [-0.2, -0.15) is 0 Å². The van der Waals surface area contributed by atoms with Crippen LogP contribution in [0.1, 0.15) is 30.4 Å². The summed E-state index contributed by atoms with van der Waals surface area (Å²) in [6.07, 6.45) is 3.72. The largest absolute Gasteiger partial charge is 0.380 e. The Balaban J connectivity index is 1.32. The van der Waals surface area contributed by atoms with Crippen molar-refractivity contribution in [2.45, 2.75) is 43.2 Å². The van der Waals surface area contributed by atoms with Crippen LogP contribution in [0.3, 0.4) is 0 Å². The standard InChI is InChI=1S/C26H31BrN4O3/c1-30-12-9-17-3-6-20(13-22(17)26(16-30)10-11-26)28-24(32)23-14-21(34-2)15-31(23)25(33)29-19-7-4-18(27)5-8-19/h3-8,13,21,23H,9-12,14-16H2,1-2H3,(H,28,32)(H,29,33)/t21-,23-/m1/s1. The molecule has 180 valence electrons. The van der Waals surface area contributed by atoms with Crippen molar-refractivity contribution in [1.82, 2.24) is 9.80 Å². The molecule has 8 heteroatoms.